The van der Waals surface area contributed by atoms with Crippen molar-refractivity contribution in [2.45, 2.75) is 0 Å². The van der Waals surface area contributed by atoms with Gasteiger partial charge in [0, 0.05) is 11.8 Å². The van der Waals surface area contributed by atoms with Crippen LogP contribution >= 0.6 is 0 Å². The molecule has 6 nitrogen and oxygen atoms in total. The molecular weight excluding hydrogens is 308 g/mol. The van der Waals surface area contributed by atoms with Gasteiger partial charge >= 0.3 is 11.9 Å². The molecule has 0 atom stereocenters. The molecule has 0 heterocycles. The van der Waals surface area contributed by atoms with Crippen molar-refractivity contribution >= 4 is 23.3 Å². The summed E-state index contributed by atoms with van der Waals surface area (Å²) in [5.74, 6) is 2.79. The Hall–Kier alpha value is -3.90. The predicted octanol–water partition coefficient (Wildman–Crippen LogP) is 3.18. The SMILES string of the molecule is C#CC(=O)Oc1ccc(N=Nc2ccc(OC(=O)C#C)cc2)cc1. The van der Waals surface area contributed by atoms with E-state index in [1.165, 1.54) is 0 Å². The molecule has 0 aliphatic carbocycles. The molecule has 0 aliphatic heterocycles. The van der Waals surface area contributed by atoms with Gasteiger partial charge in [0.15, 0.2) is 0 Å². The molecule has 0 aliphatic rings. The van der Waals surface area contributed by atoms with Crippen LogP contribution in [0.5, 0.6) is 11.5 Å². The Morgan fingerprint density at radius 3 is 1.33 bits per heavy atom. The van der Waals surface area contributed by atoms with Gasteiger partial charge < -0.3 is 9.47 Å². The highest BCUT2D eigenvalue weighted by Gasteiger charge is 2.01. The molecule has 2 aromatic carbocycles. The third kappa shape index (κ3) is 4.83. The maximum absolute atomic E-state index is 10.9. The zero-order valence-corrected chi connectivity index (χ0v) is 12.3. The van der Waals surface area contributed by atoms with Crippen molar-refractivity contribution in [3.63, 3.8) is 0 Å². The molecule has 2 rings (SSSR count). The quantitative estimate of drug-likeness (QED) is 0.285. The number of rotatable bonds is 4. The van der Waals surface area contributed by atoms with Gasteiger partial charge in [0.1, 0.15) is 11.5 Å². The summed E-state index contributed by atoms with van der Waals surface area (Å²) >= 11 is 0. The summed E-state index contributed by atoms with van der Waals surface area (Å²) < 4.78 is 9.67. The fraction of sp³-hybridized carbons (Fsp3) is 0. The van der Waals surface area contributed by atoms with Gasteiger partial charge in [-0.05, 0) is 48.5 Å². The molecular formula is C18H10N2O4. The smallest absolute Gasteiger partial charge is 0.389 e. The lowest BCUT2D eigenvalue weighted by Gasteiger charge is -2.00. The summed E-state index contributed by atoms with van der Waals surface area (Å²) in [5.41, 5.74) is 1.11. The standard InChI is InChI=1S/C18H10N2O4/c1-3-17(21)23-15-9-5-13(6-10-15)19-20-14-7-11-16(12-8-14)24-18(22)4-2/h1-2,5-12H. The van der Waals surface area contributed by atoms with E-state index in [0.29, 0.717) is 22.9 Å². The van der Waals surface area contributed by atoms with Gasteiger partial charge in [-0.15, -0.1) is 12.8 Å². The number of benzene rings is 2. The molecule has 2 aromatic rings. The van der Waals surface area contributed by atoms with Crippen LogP contribution in [0.15, 0.2) is 58.8 Å². The Bertz CT molecular complexity index is 780. The van der Waals surface area contributed by atoms with Gasteiger partial charge in [0.25, 0.3) is 0 Å². The van der Waals surface area contributed by atoms with E-state index in [1.807, 2.05) is 11.8 Å². The van der Waals surface area contributed by atoms with Crippen LogP contribution in [-0.4, -0.2) is 11.9 Å². The second kappa shape index (κ2) is 7.92. The summed E-state index contributed by atoms with van der Waals surface area (Å²) in [5, 5.41) is 8.06. The van der Waals surface area contributed by atoms with E-state index >= 15 is 0 Å². The lowest BCUT2D eigenvalue weighted by atomic mass is 10.3. The number of hydrogen-bond donors (Lipinski definition) is 0. The second-order valence-corrected chi connectivity index (χ2v) is 4.26. The lowest BCUT2D eigenvalue weighted by molar-refractivity contribution is -0.128. The van der Waals surface area contributed by atoms with E-state index in [9.17, 15) is 9.59 Å². The van der Waals surface area contributed by atoms with Gasteiger partial charge in [0.2, 0.25) is 0 Å². The molecule has 0 amide bonds. The number of esters is 2. The molecule has 0 spiro atoms. The molecule has 0 aromatic heterocycles. The fourth-order valence-electron chi connectivity index (χ4n) is 1.55. The average molecular weight is 318 g/mol. The largest absolute Gasteiger partial charge is 0.417 e. The van der Waals surface area contributed by atoms with Gasteiger partial charge in [-0.3, -0.25) is 0 Å². The molecule has 0 fully saturated rings. The van der Waals surface area contributed by atoms with E-state index in [2.05, 4.69) is 10.2 Å². The highest BCUT2D eigenvalue weighted by atomic mass is 16.5. The Morgan fingerprint density at radius 2 is 1.04 bits per heavy atom. The molecule has 0 bridgehead atoms. The minimum absolute atomic E-state index is 0.316. The average Bonchev–Trinajstić information content (AvgIpc) is 2.62. The number of ether oxygens (including phenoxy) is 2. The summed E-state index contributed by atoms with van der Waals surface area (Å²) in [7, 11) is 0. The summed E-state index contributed by atoms with van der Waals surface area (Å²) in [6.45, 7) is 0. The van der Waals surface area contributed by atoms with Crippen LogP contribution in [0.1, 0.15) is 0 Å². The van der Waals surface area contributed by atoms with Gasteiger partial charge in [-0.1, -0.05) is 0 Å². The number of terminal acetylenes is 2. The van der Waals surface area contributed by atoms with Gasteiger partial charge in [-0.25, -0.2) is 9.59 Å². The maximum atomic E-state index is 10.9. The Balaban J connectivity index is 2.00. The number of carbonyl (C=O) groups excluding carboxylic acids is 2. The monoisotopic (exact) mass is 318 g/mol. The predicted molar refractivity (Wildman–Crippen MR) is 86.0 cm³/mol. The fourth-order valence-corrected chi connectivity index (χ4v) is 1.55. The van der Waals surface area contributed by atoms with Crippen molar-refractivity contribution in [2.75, 3.05) is 0 Å². The molecule has 6 heteroatoms. The number of carbonyl (C=O) groups is 2. The van der Waals surface area contributed by atoms with Crippen molar-refractivity contribution < 1.29 is 19.1 Å². The zero-order valence-electron chi connectivity index (χ0n) is 12.3. The first kappa shape index (κ1) is 16.5. The van der Waals surface area contributed by atoms with Crippen molar-refractivity contribution in [3.8, 4) is 36.2 Å². The minimum Gasteiger partial charge on any atom is -0.417 e. The normalized spacial score (nSPS) is 9.75. The zero-order chi connectivity index (χ0) is 17.4. The van der Waals surface area contributed by atoms with E-state index in [4.69, 9.17) is 22.3 Å². The summed E-state index contributed by atoms with van der Waals surface area (Å²) in [6.07, 6.45) is 9.82. The van der Waals surface area contributed by atoms with Crippen LogP contribution < -0.4 is 9.47 Å². The molecule has 116 valence electrons. The van der Waals surface area contributed by atoms with Crippen LogP contribution in [0.25, 0.3) is 0 Å². The van der Waals surface area contributed by atoms with Crippen LogP contribution in [-0.2, 0) is 9.59 Å². The third-order valence-electron chi connectivity index (χ3n) is 2.61. The highest BCUT2D eigenvalue weighted by molar-refractivity contribution is 5.89. The number of hydrogen-bond acceptors (Lipinski definition) is 6. The lowest BCUT2D eigenvalue weighted by Crippen LogP contribution is -2.03. The molecule has 0 saturated heterocycles. The van der Waals surface area contributed by atoms with Crippen molar-refractivity contribution in [2.24, 2.45) is 10.2 Å². The third-order valence-corrected chi connectivity index (χ3v) is 2.61. The minimum atomic E-state index is -0.769. The first-order valence-corrected chi connectivity index (χ1v) is 6.59. The van der Waals surface area contributed by atoms with E-state index in [0.717, 1.165) is 0 Å². The van der Waals surface area contributed by atoms with Gasteiger partial charge in [-0.2, -0.15) is 10.2 Å². The summed E-state index contributed by atoms with van der Waals surface area (Å²) in [6, 6.07) is 12.7. The Labute approximate surface area is 138 Å². The van der Waals surface area contributed by atoms with Crippen LogP contribution in [0.3, 0.4) is 0 Å². The van der Waals surface area contributed by atoms with E-state index in [1.54, 1.807) is 48.5 Å². The maximum Gasteiger partial charge on any atom is 0.389 e. The summed E-state index contributed by atoms with van der Waals surface area (Å²) in [4.78, 5) is 21.9. The molecule has 0 radical (unpaired) electrons. The second-order valence-electron chi connectivity index (χ2n) is 4.26. The number of nitrogens with zero attached hydrogens (tertiary/aromatic N) is 2. The molecule has 0 saturated carbocycles. The van der Waals surface area contributed by atoms with Gasteiger partial charge in [0.05, 0.1) is 11.4 Å². The Morgan fingerprint density at radius 1 is 0.708 bits per heavy atom. The van der Waals surface area contributed by atoms with Crippen molar-refractivity contribution in [1.82, 2.24) is 0 Å². The highest BCUT2D eigenvalue weighted by Crippen LogP contribution is 2.23. The first-order valence-electron chi connectivity index (χ1n) is 6.59. The van der Waals surface area contributed by atoms with Crippen LogP contribution in [0.2, 0.25) is 0 Å². The first-order chi connectivity index (χ1) is 11.6. The Kier molecular flexibility index (Phi) is 5.44. The topological polar surface area (TPSA) is 77.3 Å². The van der Waals surface area contributed by atoms with E-state index < -0.39 is 11.9 Å². The van der Waals surface area contributed by atoms with Crippen LogP contribution in [0, 0.1) is 24.7 Å². The molecule has 0 N–H and O–H groups in total. The number of azo groups is 1. The van der Waals surface area contributed by atoms with Crippen LogP contribution in [0.4, 0.5) is 11.4 Å². The van der Waals surface area contributed by atoms with E-state index in [-0.39, 0.29) is 0 Å². The molecule has 24 heavy (non-hydrogen) atoms. The molecule has 0 unspecified atom stereocenters. The van der Waals surface area contributed by atoms with Crippen molar-refractivity contribution in [3.05, 3.63) is 48.5 Å². The van der Waals surface area contributed by atoms with Crippen molar-refractivity contribution in [1.29, 1.82) is 0 Å².